The molecule has 0 spiro atoms. The number of rotatable bonds is 6. The summed E-state index contributed by atoms with van der Waals surface area (Å²) in [5, 5.41) is 9.07. The van der Waals surface area contributed by atoms with Crippen LogP contribution >= 0.6 is 11.3 Å². The summed E-state index contributed by atoms with van der Waals surface area (Å²) >= 11 is 1.31. The Hall–Kier alpha value is -3.08. The van der Waals surface area contributed by atoms with Crippen molar-refractivity contribution < 1.29 is 18.7 Å². The average molecular weight is 458 g/mol. The first-order chi connectivity index (χ1) is 15.4. The molecule has 2 atom stereocenters. The van der Waals surface area contributed by atoms with Crippen LogP contribution in [0, 0.1) is 5.82 Å². The van der Waals surface area contributed by atoms with Gasteiger partial charge in [-0.2, -0.15) is 0 Å². The number of benzene rings is 2. The summed E-state index contributed by atoms with van der Waals surface area (Å²) < 4.78 is 19.3. The Morgan fingerprint density at radius 2 is 2.06 bits per heavy atom. The molecule has 32 heavy (non-hydrogen) atoms. The van der Waals surface area contributed by atoms with Crippen LogP contribution in [0.3, 0.4) is 0 Å². The molecule has 1 aromatic heterocycles. The quantitative estimate of drug-likeness (QED) is 0.526. The Bertz CT molecular complexity index is 1120. The number of aromatic nitrogens is 1. The molecule has 10 heteroatoms. The number of carbonyl (C=O) groups is 2. The molecule has 2 heterocycles. The van der Waals surface area contributed by atoms with Crippen LogP contribution in [-0.2, 0) is 9.53 Å². The van der Waals surface area contributed by atoms with Crippen molar-refractivity contribution in [1.82, 2.24) is 15.2 Å². The molecule has 8 nitrogen and oxygen atoms in total. The van der Waals surface area contributed by atoms with Crippen molar-refractivity contribution in [2.24, 2.45) is 0 Å². The first-order valence-electron chi connectivity index (χ1n) is 10.3. The summed E-state index contributed by atoms with van der Waals surface area (Å²) in [6, 6.07) is 10.2. The SMILES string of the molecule is CCOCC1CNC(c2ccc3nc(NC(=O)Nc4ccc(F)cc4)sc3c2)C(=O)N1C. The minimum Gasteiger partial charge on any atom is -0.380 e. The van der Waals surface area contributed by atoms with Gasteiger partial charge >= 0.3 is 6.03 Å². The van der Waals surface area contributed by atoms with E-state index < -0.39 is 12.1 Å². The van der Waals surface area contributed by atoms with Gasteiger partial charge in [-0.1, -0.05) is 17.4 Å². The predicted octanol–water partition coefficient (Wildman–Crippen LogP) is 3.59. The standard InChI is InChI=1S/C22H24FN5O3S/c1-3-31-12-16-11-24-19(20(29)28(16)2)13-4-9-17-18(10-13)32-22(26-17)27-21(30)25-15-7-5-14(23)6-8-15/h4-10,16,19,24H,3,11-12H2,1-2H3,(H2,25,26,27,30). The highest BCUT2D eigenvalue weighted by Crippen LogP contribution is 2.30. The number of likely N-dealkylation sites (N-methyl/N-ethyl adjacent to an activating group) is 1. The van der Waals surface area contributed by atoms with E-state index in [2.05, 4.69) is 20.9 Å². The van der Waals surface area contributed by atoms with Gasteiger partial charge in [0.05, 0.1) is 22.9 Å². The van der Waals surface area contributed by atoms with Crippen molar-refractivity contribution in [2.45, 2.75) is 19.0 Å². The summed E-state index contributed by atoms with van der Waals surface area (Å²) in [4.78, 5) is 31.3. The fourth-order valence-corrected chi connectivity index (χ4v) is 4.42. The van der Waals surface area contributed by atoms with Gasteiger partial charge in [-0.15, -0.1) is 0 Å². The van der Waals surface area contributed by atoms with Crippen molar-refractivity contribution in [3.63, 3.8) is 0 Å². The monoisotopic (exact) mass is 457 g/mol. The van der Waals surface area contributed by atoms with Crippen LogP contribution in [0.25, 0.3) is 10.2 Å². The largest absolute Gasteiger partial charge is 0.380 e. The molecular weight excluding hydrogens is 433 g/mol. The minimum atomic E-state index is -0.470. The summed E-state index contributed by atoms with van der Waals surface area (Å²) in [5.74, 6) is -0.387. The number of fused-ring (bicyclic) bond motifs is 1. The second kappa shape index (κ2) is 9.60. The summed E-state index contributed by atoms with van der Waals surface area (Å²) in [7, 11) is 1.80. The van der Waals surface area contributed by atoms with Gasteiger partial charge in [0.1, 0.15) is 11.9 Å². The maximum Gasteiger partial charge on any atom is 0.325 e. The fourth-order valence-electron chi connectivity index (χ4n) is 3.51. The van der Waals surface area contributed by atoms with Gasteiger partial charge < -0.3 is 20.3 Å². The lowest BCUT2D eigenvalue weighted by atomic mass is 10.0. The molecule has 0 bridgehead atoms. The lowest BCUT2D eigenvalue weighted by Crippen LogP contribution is -2.56. The zero-order chi connectivity index (χ0) is 22.7. The van der Waals surface area contributed by atoms with Crippen molar-refractivity contribution in [3.05, 3.63) is 53.8 Å². The first-order valence-corrected chi connectivity index (χ1v) is 11.1. The lowest BCUT2D eigenvalue weighted by molar-refractivity contribution is -0.138. The molecule has 1 saturated heterocycles. The van der Waals surface area contributed by atoms with Crippen molar-refractivity contribution in [1.29, 1.82) is 0 Å². The molecular formula is C22H24FN5O3S. The zero-order valence-corrected chi connectivity index (χ0v) is 18.5. The Balaban J connectivity index is 1.44. The smallest absolute Gasteiger partial charge is 0.325 e. The molecule has 168 valence electrons. The molecule has 1 aliphatic heterocycles. The molecule has 0 saturated carbocycles. The van der Waals surface area contributed by atoms with E-state index in [1.165, 1.54) is 35.6 Å². The number of ether oxygens (including phenoxy) is 1. The van der Waals surface area contributed by atoms with Crippen LogP contribution in [0.4, 0.5) is 20.0 Å². The number of hydrogen-bond donors (Lipinski definition) is 3. The molecule has 1 fully saturated rings. The van der Waals surface area contributed by atoms with Gasteiger partial charge in [0, 0.05) is 25.9 Å². The third-order valence-electron chi connectivity index (χ3n) is 5.28. The molecule has 3 N–H and O–H groups in total. The minimum absolute atomic E-state index is 0.00116. The first kappa shape index (κ1) is 22.1. The van der Waals surface area contributed by atoms with Gasteiger partial charge in [-0.05, 0) is 48.9 Å². The van der Waals surface area contributed by atoms with Gasteiger partial charge in [0.25, 0.3) is 0 Å². The number of hydrogen-bond acceptors (Lipinski definition) is 6. The Labute approximate surface area is 188 Å². The number of piperazine rings is 1. The van der Waals surface area contributed by atoms with Gasteiger partial charge in [0.15, 0.2) is 5.13 Å². The van der Waals surface area contributed by atoms with E-state index in [0.29, 0.717) is 30.6 Å². The number of nitrogens with one attached hydrogen (secondary N) is 3. The topological polar surface area (TPSA) is 95.6 Å². The van der Waals surface area contributed by atoms with Crippen LogP contribution < -0.4 is 16.0 Å². The van der Waals surface area contributed by atoms with Crippen molar-refractivity contribution in [3.8, 4) is 0 Å². The second-order valence-electron chi connectivity index (χ2n) is 7.44. The van der Waals surface area contributed by atoms with E-state index in [0.717, 1.165) is 15.8 Å². The number of urea groups is 1. The number of amides is 3. The van der Waals surface area contributed by atoms with Gasteiger partial charge in [-0.3, -0.25) is 10.1 Å². The van der Waals surface area contributed by atoms with Crippen molar-refractivity contribution >= 4 is 44.3 Å². The van der Waals surface area contributed by atoms with E-state index in [4.69, 9.17) is 4.74 Å². The van der Waals surface area contributed by atoms with Gasteiger partial charge in [0.2, 0.25) is 5.91 Å². The molecule has 3 amide bonds. The van der Waals surface area contributed by atoms with Crippen LogP contribution in [-0.4, -0.2) is 54.7 Å². The Morgan fingerprint density at radius 1 is 1.28 bits per heavy atom. The summed E-state index contributed by atoms with van der Waals surface area (Å²) in [6.07, 6.45) is 0. The average Bonchev–Trinajstić information content (AvgIpc) is 3.17. The highest BCUT2D eigenvalue weighted by molar-refractivity contribution is 7.22. The second-order valence-corrected chi connectivity index (χ2v) is 8.47. The number of thiazole rings is 1. The molecule has 3 aromatic rings. The molecule has 1 aliphatic rings. The van der Waals surface area contributed by atoms with E-state index >= 15 is 0 Å². The Morgan fingerprint density at radius 3 is 2.81 bits per heavy atom. The van der Waals surface area contributed by atoms with E-state index in [-0.39, 0.29) is 17.8 Å². The highest BCUT2D eigenvalue weighted by Gasteiger charge is 2.33. The number of anilines is 2. The Kier molecular flexibility index (Phi) is 6.63. The number of nitrogens with zero attached hydrogens (tertiary/aromatic N) is 2. The number of halogens is 1. The van der Waals surface area contributed by atoms with Crippen LogP contribution in [0.15, 0.2) is 42.5 Å². The molecule has 0 radical (unpaired) electrons. The molecule has 0 aliphatic carbocycles. The van der Waals surface area contributed by atoms with Gasteiger partial charge in [-0.25, -0.2) is 14.2 Å². The maximum absolute atomic E-state index is 13.0. The van der Waals surface area contributed by atoms with E-state index in [1.807, 2.05) is 25.1 Å². The van der Waals surface area contributed by atoms with Crippen LogP contribution in [0.5, 0.6) is 0 Å². The fraction of sp³-hybridized carbons (Fsp3) is 0.318. The highest BCUT2D eigenvalue weighted by atomic mass is 32.1. The number of carbonyl (C=O) groups excluding carboxylic acids is 2. The van der Waals surface area contributed by atoms with E-state index in [9.17, 15) is 14.0 Å². The zero-order valence-electron chi connectivity index (χ0n) is 17.7. The third-order valence-corrected chi connectivity index (χ3v) is 6.22. The van der Waals surface area contributed by atoms with E-state index in [1.54, 1.807) is 11.9 Å². The summed E-state index contributed by atoms with van der Waals surface area (Å²) in [5.41, 5.74) is 2.04. The third kappa shape index (κ3) is 4.87. The normalized spacial score (nSPS) is 18.7. The van der Waals surface area contributed by atoms with Crippen LogP contribution in [0.1, 0.15) is 18.5 Å². The van der Waals surface area contributed by atoms with Crippen molar-refractivity contribution in [2.75, 3.05) is 37.4 Å². The lowest BCUT2D eigenvalue weighted by Gasteiger charge is -2.37. The molecule has 2 unspecified atom stereocenters. The summed E-state index contributed by atoms with van der Waals surface area (Å²) in [6.45, 7) is 3.69. The van der Waals surface area contributed by atoms with Crippen LogP contribution in [0.2, 0.25) is 0 Å². The molecule has 2 aromatic carbocycles. The predicted molar refractivity (Wildman–Crippen MR) is 122 cm³/mol. The maximum atomic E-state index is 13.0. The molecule has 4 rings (SSSR count).